The molecule has 1 aromatic rings. The highest BCUT2D eigenvalue weighted by atomic mass is 32.2. The second-order valence-electron chi connectivity index (χ2n) is 4.72. The molecule has 20 heavy (non-hydrogen) atoms. The molecule has 0 saturated heterocycles. The van der Waals surface area contributed by atoms with E-state index < -0.39 is 10.0 Å². The Morgan fingerprint density at radius 1 is 1.40 bits per heavy atom. The minimum Gasteiger partial charge on any atom is -0.244 e. The summed E-state index contributed by atoms with van der Waals surface area (Å²) in [5.41, 5.74) is 0.215. The maximum atomic E-state index is 12.6. The normalized spacial score (nSPS) is 13.2. The van der Waals surface area contributed by atoms with E-state index in [9.17, 15) is 8.42 Å². The fraction of sp³-hybridized carbons (Fsp3) is 0.571. The van der Waals surface area contributed by atoms with Gasteiger partial charge in [0.1, 0.15) is 16.7 Å². The molecule has 0 N–H and O–H groups in total. The summed E-state index contributed by atoms with van der Waals surface area (Å²) in [5.74, 6) is 0. The van der Waals surface area contributed by atoms with Gasteiger partial charge in [-0.1, -0.05) is 20.3 Å². The third-order valence-electron chi connectivity index (χ3n) is 3.27. The molecule has 1 rings (SSSR count). The van der Waals surface area contributed by atoms with E-state index in [1.807, 2.05) is 26.8 Å². The lowest BCUT2D eigenvalue weighted by molar-refractivity contribution is 0.324. The van der Waals surface area contributed by atoms with Crippen LogP contribution in [0.3, 0.4) is 0 Å². The van der Waals surface area contributed by atoms with Crippen LogP contribution in [-0.2, 0) is 10.0 Å². The van der Waals surface area contributed by atoms with Crippen LogP contribution in [0.25, 0.3) is 0 Å². The predicted octanol–water partition coefficient (Wildman–Crippen LogP) is 2.54. The first-order valence-electron chi connectivity index (χ1n) is 6.85. The molecule has 0 bridgehead atoms. The fourth-order valence-electron chi connectivity index (χ4n) is 1.83. The summed E-state index contributed by atoms with van der Waals surface area (Å²) < 4.78 is 26.8. The molecular weight excluding hydrogens is 274 g/mol. The Morgan fingerprint density at radius 2 is 2.10 bits per heavy atom. The largest absolute Gasteiger partial charge is 0.244 e. The molecule has 1 heterocycles. The van der Waals surface area contributed by atoms with Crippen LogP contribution in [0.5, 0.6) is 0 Å². The van der Waals surface area contributed by atoms with Crippen molar-refractivity contribution in [2.75, 3.05) is 6.54 Å². The molecular formula is C14H21N3O2S. The number of nitriles is 1. The zero-order valence-corrected chi connectivity index (χ0v) is 13.0. The molecule has 110 valence electrons. The standard InChI is InChI=1S/C14H21N3O2S/c1-4-6-9-17(12(3)5-2)20(18,19)14-8-7-13(10-15)16-11-14/h7-8,11-12H,4-6,9H2,1-3H3. The average molecular weight is 295 g/mol. The molecule has 0 radical (unpaired) electrons. The molecule has 0 aromatic carbocycles. The monoisotopic (exact) mass is 295 g/mol. The number of hydrogen-bond donors (Lipinski definition) is 0. The highest BCUT2D eigenvalue weighted by Gasteiger charge is 2.27. The second kappa shape index (κ2) is 7.36. The molecule has 0 saturated carbocycles. The quantitative estimate of drug-likeness (QED) is 0.774. The molecule has 0 aliphatic heterocycles. The van der Waals surface area contributed by atoms with Crippen LogP contribution in [-0.4, -0.2) is 30.3 Å². The molecule has 0 aliphatic rings. The van der Waals surface area contributed by atoms with Crippen LogP contribution in [0.15, 0.2) is 23.2 Å². The van der Waals surface area contributed by atoms with E-state index in [0.717, 1.165) is 19.3 Å². The Balaban J connectivity index is 3.11. The van der Waals surface area contributed by atoms with Crippen molar-refractivity contribution in [3.8, 4) is 6.07 Å². The molecule has 0 aliphatic carbocycles. The van der Waals surface area contributed by atoms with Crippen LogP contribution in [0, 0.1) is 11.3 Å². The summed E-state index contributed by atoms with van der Waals surface area (Å²) in [4.78, 5) is 3.99. The van der Waals surface area contributed by atoms with Crippen molar-refractivity contribution in [2.45, 2.75) is 51.0 Å². The van der Waals surface area contributed by atoms with Gasteiger partial charge in [-0.25, -0.2) is 13.4 Å². The van der Waals surface area contributed by atoms with Crippen LogP contribution in [0.4, 0.5) is 0 Å². The van der Waals surface area contributed by atoms with Gasteiger partial charge in [0.05, 0.1) is 0 Å². The van der Waals surface area contributed by atoms with Crippen LogP contribution >= 0.6 is 0 Å². The van der Waals surface area contributed by atoms with Crippen molar-refractivity contribution in [3.63, 3.8) is 0 Å². The van der Waals surface area contributed by atoms with Crippen LogP contribution < -0.4 is 0 Å². The average Bonchev–Trinajstić information content (AvgIpc) is 2.47. The Labute approximate surface area is 121 Å². The Bertz CT molecular complexity index is 561. The van der Waals surface area contributed by atoms with Crippen molar-refractivity contribution in [3.05, 3.63) is 24.0 Å². The van der Waals surface area contributed by atoms with Crippen molar-refractivity contribution >= 4 is 10.0 Å². The molecule has 6 heteroatoms. The number of unbranched alkanes of at least 4 members (excludes halogenated alkanes) is 1. The van der Waals surface area contributed by atoms with E-state index in [2.05, 4.69) is 4.98 Å². The fourth-order valence-corrected chi connectivity index (χ4v) is 3.52. The number of hydrogen-bond acceptors (Lipinski definition) is 4. The number of aromatic nitrogens is 1. The summed E-state index contributed by atoms with van der Waals surface area (Å²) in [6.45, 7) is 6.42. The number of rotatable bonds is 7. The molecule has 0 amide bonds. The summed E-state index contributed by atoms with van der Waals surface area (Å²) in [7, 11) is -3.55. The number of sulfonamides is 1. The van der Waals surface area contributed by atoms with Gasteiger partial charge in [-0.05, 0) is 31.9 Å². The molecule has 1 atom stereocenters. The number of pyridine rings is 1. The van der Waals surface area contributed by atoms with Crippen molar-refractivity contribution < 1.29 is 8.42 Å². The Hall–Kier alpha value is -1.45. The Kier molecular flexibility index (Phi) is 6.11. The van der Waals surface area contributed by atoms with Gasteiger partial charge in [0, 0.05) is 18.8 Å². The first-order chi connectivity index (χ1) is 9.47. The molecule has 1 aromatic heterocycles. The zero-order chi connectivity index (χ0) is 15.2. The maximum absolute atomic E-state index is 12.6. The van der Waals surface area contributed by atoms with E-state index in [1.165, 1.54) is 22.6 Å². The van der Waals surface area contributed by atoms with Gasteiger partial charge in [0.25, 0.3) is 0 Å². The van der Waals surface area contributed by atoms with Crippen LogP contribution in [0.1, 0.15) is 45.7 Å². The van der Waals surface area contributed by atoms with Gasteiger partial charge in [-0.15, -0.1) is 0 Å². The van der Waals surface area contributed by atoms with E-state index in [4.69, 9.17) is 5.26 Å². The summed E-state index contributed by atoms with van der Waals surface area (Å²) in [6.07, 6.45) is 3.78. The highest BCUT2D eigenvalue weighted by Crippen LogP contribution is 2.19. The lowest BCUT2D eigenvalue weighted by Gasteiger charge is -2.27. The zero-order valence-electron chi connectivity index (χ0n) is 12.2. The minimum absolute atomic E-state index is 0.0535. The molecule has 5 nitrogen and oxygen atoms in total. The first kappa shape index (κ1) is 16.6. The minimum atomic E-state index is -3.55. The summed E-state index contributed by atoms with van der Waals surface area (Å²) in [6, 6.07) is 4.71. The molecule has 1 unspecified atom stereocenters. The van der Waals surface area contributed by atoms with E-state index >= 15 is 0 Å². The molecule has 0 spiro atoms. The maximum Gasteiger partial charge on any atom is 0.244 e. The highest BCUT2D eigenvalue weighted by molar-refractivity contribution is 7.89. The smallest absolute Gasteiger partial charge is 0.244 e. The number of nitrogens with zero attached hydrogens (tertiary/aromatic N) is 3. The van der Waals surface area contributed by atoms with E-state index in [1.54, 1.807) is 0 Å². The topological polar surface area (TPSA) is 74.1 Å². The van der Waals surface area contributed by atoms with Gasteiger partial charge < -0.3 is 0 Å². The molecule has 0 fully saturated rings. The lowest BCUT2D eigenvalue weighted by atomic mass is 10.2. The van der Waals surface area contributed by atoms with Gasteiger partial charge in [-0.3, -0.25) is 0 Å². The van der Waals surface area contributed by atoms with Crippen molar-refractivity contribution in [1.82, 2.24) is 9.29 Å². The van der Waals surface area contributed by atoms with Gasteiger partial charge in [0.2, 0.25) is 10.0 Å². The van der Waals surface area contributed by atoms with E-state index in [0.29, 0.717) is 6.54 Å². The predicted molar refractivity (Wildman–Crippen MR) is 77.5 cm³/mol. The van der Waals surface area contributed by atoms with Crippen LogP contribution in [0.2, 0.25) is 0 Å². The van der Waals surface area contributed by atoms with Gasteiger partial charge in [-0.2, -0.15) is 9.57 Å². The van der Waals surface area contributed by atoms with Crippen molar-refractivity contribution in [1.29, 1.82) is 5.26 Å². The SMILES string of the molecule is CCCCN(C(C)CC)S(=O)(=O)c1ccc(C#N)nc1. The summed E-state index contributed by atoms with van der Waals surface area (Å²) in [5, 5.41) is 8.71. The van der Waals surface area contributed by atoms with Crippen molar-refractivity contribution in [2.24, 2.45) is 0 Å². The second-order valence-corrected chi connectivity index (χ2v) is 6.61. The summed E-state index contributed by atoms with van der Waals surface area (Å²) >= 11 is 0. The Morgan fingerprint density at radius 3 is 2.55 bits per heavy atom. The third-order valence-corrected chi connectivity index (χ3v) is 5.27. The lowest BCUT2D eigenvalue weighted by Crippen LogP contribution is -2.39. The van der Waals surface area contributed by atoms with Gasteiger partial charge >= 0.3 is 0 Å². The van der Waals surface area contributed by atoms with E-state index in [-0.39, 0.29) is 16.6 Å². The van der Waals surface area contributed by atoms with Gasteiger partial charge in [0.15, 0.2) is 0 Å². The first-order valence-corrected chi connectivity index (χ1v) is 8.29. The third kappa shape index (κ3) is 3.78.